The van der Waals surface area contributed by atoms with Crippen molar-refractivity contribution in [2.75, 3.05) is 11.3 Å². The molecule has 8 heteroatoms. The van der Waals surface area contributed by atoms with Gasteiger partial charge in [0.25, 0.3) is 15.9 Å². The number of hydrogen-bond donors (Lipinski definition) is 2. The fourth-order valence-corrected chi connectivity index (χ4v) is 4.70. The SMILES string of the molecule is Cc1cccc(S(=O)(=O)Nc2cccc(C(=O)N3CCCC3C(=O)NC(C)C)c2)c1. The second kappa shape index (κ2) is 8.87. The highest BCUT2D eigenvalue weighted by Gasteiger charge is 2.34. The molecule has 2 aromatic carbocycles. The number of sulfonamides is 1. The Balaban J connectivity index is 1.79. The molecule has 1 fully saturated rings. The topological polar surface area (TPSA) is 95.6 Å². The Morgan fingerprint density at radius 1 is 1.10 bits per heavy atom. The third-order valence-corrected chi connectivity index (χ3v) is 6.29. The molecule has 0 aliphatic carbocycles. The number of benzene rings is 2. The van der Waals surface area contributed by atoms with Crippen LogP contribution in [0.2, 0.25) is 0 Å². The van der Waals surface area contributed by atoms with Crippen molar-refractivity contribution in [1.29, 1.82) is 0 Å². The summed E-state index contributed by atoms with van der Waals surface area (Å²) in [4.78, 5) is 27.2. The molecule has 30 heavy (non-hydrogen) atoms. The van der Waals surface area contributed by atoms with Gasteiger partial charge in [0.15, 0.2) is 0 Å². The van der Waals surface area contributed by atoms with Gasteiger partial charge >= 0.3 is 0 Å². The van der Waals surface area contributed by atoms with Gasteiger partial charge in [-0.3, -0.25) is 14.3 Å². The molecule has 0 radical (unpaired) electrons. The number of nitrogens with one attached hydrogen (secondary N) is 2. The largest absolute Gasteiger partial charge is 0.352 e. The lowest BCUT2D eigenvalue weighted by molar-refractivity contribution is -0.125. The first kappa shape index (κ1) is 21.8. The van der Waals surface area contributed by atoms with Crippen LogP contribution in [0.25, 0.3) is 0 Å². The summed E-state index contributed by atoms with van der Waals surface area (Å²) in [5.74, 6) is -0.444. The van der Waals surface area contributed by atoms with Gasteiger partial charge in [0.05, 0.1) is 4.90 Å². The predicted molar refractivity (Wildman–Crippen MR) is 116 cm³/mol. The maximum atomic E-state index is 13.0. The van der Waals surface area contributed by atoms with Gasteiger partial charge < -0.3 is 10.2 Å². The second-order valence-corrected chi connectivity index (χ2v) is 9.51. The number of hydrogen-bond acceptors (Lipinski definition) is 4. The van der Waals surface area contributed by atoms with E-state index in [-0.39, 0.29) is 22.8 Å². The van der Waals surface area contributed by atoms with Crippen molar-refractivity contribution in [3.05, 3.63) is 59.7 Å². The molecule has 0 saturated carbocycles. The van der Waals surface area contributed by atoms with E-state index in [9.17, 15) is 18.0 Å². The van der Waals surface area contributed by atoms with Crippen molar-refractivity contribution in [3.63, 3.8) is 0 Å². The molecule has 3 rings (SSSR count). The summed E-state index contributed by atoms with van der Waals surface area (Å²) < 4.78 is 27.9. The standard InChI is InChI=1S/C22H27N3O4S/c1-15(2)23-21(26)20-11-6-12-25(20)22(27)17-8-5-9-18(14-17)24-30(28,29)19-10-4-7-16(3)13-19/h4-5,7-10,13-15,20,24H,6,11-12H2,1-3H3,(H,23,26). The van der Waals surface area contributed by atoms with Crippen LogP contribution in [0, 0.1) is 6.92 Å². The molecule has 1 unspecified atom stereocenters. The highest BCUT2D eigenvalue weighted by atomic mass is 32.2. The summed E-state index contributed by atoms with van der Waals surface area (Å²) in [5.41, 5.74) is 1.47. The zero-order valence-electron chi connectivity index (χ0n) is 17.4. The molecule has 1 heterocycles. The van der Waals surface area contributed by atoms with Crippen LogP contribution in [-0.2, 0) is 14.8 Å². The number of carbonyl (C=O) groups is 2. The maximum absolute atomic E-state index is 13.0. The minimum atomic E-state index is -3.77. The monoisotopic (exact) mass is 429 g/mol. The van der Waals surface area contributed by atoms with E-state index >= 15 is 0 Å². The Hall–Kier alpha value is -2.87. The van der Waals surface area contributed by atoms with Gasteiger partial charge in [0.1, 0.15) is 6.04 Å². The number of likely N-dealkylation sites (tertiary alicyclic amines) is 1. The van der Waals surface area contributed by atoms with Crippen LogP contribution in [0.1, 0.15) is 42.6 Å². The molecule has 1 saturated heterocycles. The Morgan fingerprint density at radius 3 is 2.53 bits per heavy atom. The van der Waals surface area contributed by atoms with Crippen LogP contribution in [-0.4, -0.2) is 43.8 Å². The fourth-order valence-electron chi connectivity index (χ4n) is 3.54. The second-order valence-electron chi connectivity index (χ2n) is 7.82. The quantitative estimate of drug-likeness (QED) is 0.738. The molecule has 1 atom stereocenters. The molecule has 7 nitrogen and oxygen atoms in total. The summed E-state index contributed by atoms with van der Waals surface area (Å²) in [7, 11) is -3.77. The lowest BCUT2D eigenvalue weighted by atomic mass is 10.1. The zero-order valence-corrected chi connectivity index (χ0v) is 18.2. The van der Waals surface area contributed by atoms with Gasteiger partial charge in [-0.25, -0.2) is 8.42 Å². The fraction of sp³-hybridized carbons (Fsp3) is 0.364. The molecular weight excluding hydrogens is 402 g/mol. The van der Waals surface area contributed by atoms with Crippen LogP contribution in [0.5, 0.6) is 0 Å². The van der Waals surface area contributed by atoms with E-state index in [4.69, 9.17) is 0 Å². The number of amides is 2. The molecule has 0 bridgehead atoms. The molecule has 1 aliphatic heterocycles. The minimum Gasteiger partial charge on any atom is -0.352 e. The first-order valence-electron chi connectivity index (χ1n) is 9.98. The molecule has 2 aromatic rings. The maximum Gasteiger partial charge on any atom is 0.261 e. The average molecular weight is 430 g/mol. The molecule has 2 amide bonds. The summed E-state index contributed by atoms with van der Waals surface area (Å²) in [5, 5.41) is 2.86. The van der Waals surface area contributed by atoms with Crippen LogP contribution >= 0.6 is 0 Å². The van der Waals surface area contributed by atoms with E-state index in [0.29, 0.717) is 24.2 Å². The van der Waals surface area contributed by atoms with Crippen molar-refractivity contribution in [1.82, 2.24) is 10.2 Å². The molecule has 2 N–H and O–H groups in total. The smallest absolute Gasteiger partial charge is 0.261 e. The third-order valence-electron chi connectivity index (χ3n) is 4.91. The first-order chi connectivity index (χ1) is 14.2. The van der Waals surface area contributed by atoms with Crippen molar-refractivity contribution in [2.24, 2.45) is 0 Å². The lowest BCUT2D eigenvalue weighted by Gasteiger charge is -2.25. The van der Waals surface area contributed by atoms with Gasteiger partial charge in [-0.15, -0.1) is 0 Å². The van der Waals surface area contributed by atoms with E-state index < -0.39 is 16.1 Å². The summed E-state index contributed by atoms with van der Waals surface area (Å²) in [6.07, 6.45) is 1.37. The summed E-state index contributed by atoms with van der Waals surface area (Å²) in [6, 6.07) is 12.4. The van der Waals surface area contributed by atoms with Gasteiger partial charge in [0.2, 0.25) is 5.91 Å². The van der Waals surface area contributed by atoms with Gasteiger partial charge in [0, 0.05) is 23.8 Å². The minimum absolute atomic E-state index is 0.00518. The Labute approximate surface area is 177 Å². The van der Waals surface area contributed by atoms with Gasteiger partial charge in [-0.2, -0.15) is 0 Å². The normalized spacial score (nSPS) is 16.5. The predicted octanol–water partition coefficient (Wildman–Crippen LogP) is 2.93. The Kier molecular flexibility index (Phi) is 6.45. The number of rotatable bonds is 6. The van der Waals surface area contributed by atoms with Crippen LogP contribution in [0.4, 0.5) is 5.69 Å². The third kappa shape index (κ3) is 4.99. The van der Waals surface area contributed by atoms with Crippen molar-refractivity contribution >= 4 is 27.5 Å². The van der Waals surface area contributed by atoms with Crippen LogP contribution < -0.4 is 10.0 Å². The number of nitrogens with zero attached hydrogens (tertiary/aromatic N) is 1. The summed E-state index contributed by atoms with van der Waals surface area (Å²) in [6.45, 7) is 6.07. The van der Waals surface area contributed by atoms with Crippen molar-refractivity contribution in [3.8, 4) is 0 Å². The van der Waals surface area contributed by atoms with E-state index in [2.05, 4.69) is 10.0 Å². The zero-order chi connectivity index (χ0) is 21.9. The van der Waals surface area contributed by atoms with Crippen LogP contribution in [0.3, 0.4) is 0 Å². The summed E-state index contributed by atoms with van der Waals surface area (Å²) >= 11 is 0. The number of carbonyl (C=O) groups excluding carboxylic acids is 2. The molecule has 160 valence electrons. The number of anilines is 1. The van der Waals surface area contributed by atoms with E-state index in [1.54, 1.807) is 35.2 Å². The Bertz CT molecular complexity index is 1050. The van der Waals surface area contributed by atoms with E-state index in [0.717, 1.165) is 12.0 Å². The van der Waals surface area contributed by atoms with E-state index in [1.165, 1.54) is 12.1 Å². The van der Waals surface area contributed by atoms with E-state index in [1.807, 2.05) is 26.8 Å². The average Bonchev–Trinajstić information content (AvgIpc) is 3.17. The van der Waals surface area contributed by atoms with Crippen molar-refractivity contribution < 1.29 is 18.0 Å². The van der Waals surface area contributed by atoms with Crippen molar-refractivity contribution in [2.45, 2.75) is 50.6 Å². The lowest BCUT2D eigenvalue weighted by Crippen LogP contribution is -2.47. The van der Waals surface area contributed by atoms with Gasteiger partial charge in [-0.1, -0.05) is 18.2 Å². The van der Waals surface area contributed by atoms with Gasteiger partial charge in [-0.05, 0) is 69.5 Å². The number of aryl methyl sites for hydroxylation is 1. The van der Waals surface area contributed by atoms with Crippen LogP contribution in [0.15, 0.2) is 53.4 Å². The molecule has 1 aliphatic rings. The Morgan fingerprint density at radius 2 is 1.83 bits per heavy atom. The molecule has 0 aromatic heterocycles. The molecular formula is C22H27N3O4S. The molecule has 0 spiro atoms. The highest BCUT2D eigenvalue weighted by molar-refractivity contribution is 7.92. The first-order valence-corrected chi connectivity index (χ1v) is 11.5. The highest BCUT2D eigenvalue weighted by Crippen LogP contribution is 2.23.